The van der Waals surface area contributed by atoms with Crippen LogP contribution in [0.5, 0.6) is 0 Å². The molecule has 0 saturated carbocycles. The highest BCUT2D eigenvalue weighted by molar-refractivity contribution is 5.39. The summed E-state index contributed by atoms with van der Waals surface area (Å²) in [6, 6.07) is 8.01. The van der Waals surface area contributed by atoms with Crippen LogP contribution in [0, 0.1) is 0 Å². The van der Waals surface area contributed by atoms with Gasteiger partial charge in [-0.1, -0.05) is 55.5 Å². The fourth-order valence-corrected chi connectivity index (χ4v) is 1.43. The Labute approximate surface area is 104 Å². The maximum atomic E-state index is 5.64. The van der Waals surface area contributed by atoms with E-state index < -0.39 is 0 Å². The van der Waals surface area contributed by atoms with E-state index in [1.165, 1.54) is 5.56 Å². The Bertz CT molecular complexity index is 410. The summed E-state index contributed by atoms with van der Waals surface area (Å²) in [5.74, 6) is 0. The summed E-state index contributed by atoms with van der Waals surface area (Å²) in [6.45, 7) is 10.1. The lowest BCUT2D eigenvalue weighted by Crippen LogP contribution is -1.89. The van der Waals surface area contributed by atoms with Crippen LogP contribution in [0.1, 0.15) is 25.3 Å². The summed E-state index contributed by atoms with van der Waals surface area (Å²) < 4.78 is 0. The van der Waals surface area contributed by atoms with Gasteiger partial charge in [-0.15, -0.1) is 0 Å². The zero-order chi connectivity index (χ0) is 12.7. The summed E-state index contributed by atoms with van der Waals surface area (Å²) in [4.78, 5) is 0. The SMILES string of the molecule is C=C(/C=C\C(=C)CCc1ccc(N)cc1)CC. The lowest BCUT2D eigenvalue weighted by Gasteiger charge is -2.02. The average molecular weight is 227 g/mol. The van der Waals surface area contributed by atoms with Gasteiger partial charge >= 0.3 is 0 Å². The molecule has 1 rings (SSSR count). The first-order valence-corrected chi connectivity index (χ1v) is 6.00. The number of rotatable bonds is 6. The number of nitrogens with two attached hydrogens (primary N) is 1. The van der Waals surface area contributed by atoms with Gasteiger partial charge in [-0.25, -0.2) is 0 Å². The van der Waals surface area contributed by atoms with E-state index in [4.69, 9.17) is 5.73 Å². The molecule has 0 aliphatic rings. The van der Waals surface area contributed by atoms with E-state index in [0.717, 1.165) is 36.1 Å². The van der Waals surface area contributed by atoms with Gasteiger partial charge in [0.25, 0.3) is 0 Å². The van der Waals surface area contributed by atoms with Gasteiger partial charge in [-0.05, 0) is 37.0 Å². The van der Waals surface area contributed by atoms with Gasteiger partial charge in [-0.3, -0.25) is 0 Å². The molecule has 0 amide bonds. The quantitative estimate of drug-likeness (QED) is 0.569. The topological polar surface area (TPSA) is 26.0 Å². The Balaban J connectivity index is 2.40. The minimum Gasteiger partial charge on any atom is -0.399 e. The Kier molecular flexibility index (Phi) is 5.28. The summed E-state index contributed by atoms with van der Waals surface area (Å²) in [5, 5.41) is 0. The minimum absolute atomic E-state index is 0.812. The first-order chi connectivity index (χ1) is 8.11. The van der Waals surface area contributed by atoms with Crippen molar-refractivity contribution in [1.82, 2.24) is 0 Å². The standard InChI is InChI=1S/C16H21N/c1-4-13(2)5-6-14(3)7-8-15-9-11-16(17)12-10-15/h5-6,9-12H,2-4,7-8,17H2,1H3/b6-5-. The van der Waals surface area contributed by atoms with E-state index in [1.807, 2.05) is 18.2 Å². The van der Waals surface area contributed by atoms with Crippen LogP contribution in [-0.4, -0.2) is 0 Å². The Morgan fingerprint density at radius 3 is 2.29 bits per heavy atom. The second-order valence-electron chi connectivity index (χ2n) is 4.24. The molecule has 0 saturated heterocycles. The molecule has 90 valence electrons. The zero-order valence-corrected chi connectivity index (χ0v) is 10.6. The molecule has 0 aliphatic carbocycles. The lowest BCUT2D eigenvalue weighted by atomic mass is 10.0. The first-order valence-electron chi connectivity index (χ1n) is 6.00. The van der Waals surface area contributed by atoms with E-state index in [1.54, 1.807) is 0 Å². The molecule has 0 bridgehead atoms. The summed E-state index contributed by atoms with van der Waals surface area (Å²) in [5.41, 5.74) is 10.0. The van der Waals surface area contributed by atoms with Crippen LogP contribution in [0.15, 0.2) is 60.7 Å². The third kappa shape index (κ3) is 5.21. The average Bonchev–Trinajstić information content (AvgIpc) is 2.35. The summed E-state index contributed by atoms with van der Waals surface area (Å²) >= 11 is 0. The molecule has 1 aromatic carbocycles. The molecular formula is C16H21N. The van der Waals surface area contributed by atoms with Crippen LogP contribution < -0.4 is 5.73 Å². The number of allylic oxidation sites excluding steroid dienone is 4. The second kappa shape index (κ2) is 6.74. The third-order valence-electron chi connectivity index (χ3n) is 2.72. The number of anilines is 1. The molecule has 0 unspecified atom stereocenters. The Morgan fingerprint density at radius 1 is 1.12 bits per heavy atom. The number of hydrogen-bond donors (Lipinski definition) is 1. The van der Waals surface area contributed by atoms with Crippen molar-refractivity contribution in [2.24, 2.45) is 0 Å². The largest absolute Gasteiger partial charge is 0.399 e. The molecule has 0 atom stereocenters. The highest BCUT2D eigenvalue weighted by Gasteiger charge is 1.94. The van der Waals surface area contributed by atoms with E-state index in [0.29, 0.717) is 0 Å². The van der Waals surface area contributed by atoms with E-state index in [9.17, 15) is 0 Å². The van der Waals surface area contributed by atoms with E-state index >= 15 is 0 Å². The van der Waals surface area contributed by atoms with Crippen LogP contribution in [0.2, 0.25) is 0 Å². The summed E-state index contributed by atoms with van der Waals surface area (Å²) in [7, 11) is 0. The molecule has 0 radical (unpaired) electrons. The van der Waals surface area contributed by atoms with Crippen molar-refractivity contribution >= 4 is 5.69 Å². The Hall–Kier alpha value is -1.76. The van der Waals surface area contributed by atoms with Gasteiger partial charge in [0.15, 0.2) is 0 Å². The molecule has 0 heterocycles. The number of benzene rings is 1. The normalized spacial score (nSPS) is 10.6. The molecule has 2 N–H and O–H groups in total. The van der Waals surface area contributed by atoms with Crippen LogP contribution in [0.4, 0.5) is 5.69 Å². The first kappa shape index (κ1) is 13.3. The zero-order valence-electron chi connectivity index (χ0n) is 10.6. The Morgan fingerprint density at radius 2 is 1.71 bits per heavy atom. The predicted molar refractivity (Wildman–Crippen MR) is 76.9 cm³/mol. The maximum absolute atomic E-state index is 5.64. The van der Waals surface area contributed by atoms with Crippen molar-refractivity contribution in [3.8, 4) is 0 Å². The molecule has 1 heteroatoms. The third-order valence-corrected chi connectivity index (χ3v) is 2.72. The van der Waals surface area contributed by atoms with Gasteiger partial charge in [0, 0.05) is 5.69 Å². The molecular weight excluding hydrogens is 206 g/mol. The number of nitrogen functional groups attached to an aromatic ring is 1. The molecule has 0 aromatic heterocycles. The van der Waals surface area contributed by atoms with Crippen molar-refractivity contribution in [1.29, 1.82) is 0 Å². The fourth-order valence-electron chi connectivity index (χ4n) is 1.43. The van der Waals surface area contributed by atoms with E-state index in [-0.39, 0.29) is 0 Å². The minimum atomic E-state index is 0.812. The molecule has 0 fully saturated rings. The van der Waals surface area contributed by atoms with Crippen LogP contribution in [0.25, 0.3) is 0 Å². The molecule has 0 aliphatic heterocycles. The van der Waals surface area contributed by atoms with Gasteiger partial charge in [-0.2, -0.15) is 0 Å². The molecule has 1 nitrogen and oxygen atoms in total. The van der Waals surface area contributed by atoms with Crippen molar-refractivity contribution in [2.75, 3.05) is 5.73 Å². The van der Waals surface area contributed by atoms with Crippen molar-refractivity contribution < 1.29 is 0 Å². The highest BCUT2D eigenvalue weighted by Crippen LogP contribution is 2.12. The van der Waals surface area contributed by atoms with Gasteiger partial charge in [0.05, 0.1) is 0 Å². The van der Waals surface area contributed by atoms with Crippen molar-refractivity contribution in [3.63, 3.8) is 0 Å². The van der Waals surface area contributed by atoms with Crippen LogP contribution in [-0.2, 0) is 6.42 Å². The molecule has 17 heavy (non-hydrogen) atoms. The monoisotopic (exact) mass is 227 g/mol. The van der Waals surface area contributed by atoms with Gasteiger partial charge in [0.2, 0.25) is 0 Å². The lowest BCUT2D eigenvalue weighted by molar-refractivity contribution is 0.968. The second-order valence-corrected chi connectivity index (χ2v) is 4.24. The summed E-state index contributed by atoms with van der Waals surface area (Å²) in [6.07, 6.45) is 7.07. The van der Waals surface area contributed by atoms with Crippen molar-refractivity contribution in [2.45, 2.75) is 26.2 Å². The molecule has 1 aromatic rings. The predicted octanol–water partition coefficient (Wildman–Crippen LogP) is 4.28. The number of hydrogen-bond acceptors (Lipinski definition) is 1. The van der Waals surface area contributed by atoms with Gasteiger partial charge < -0.3 is 5.73 Å². The van der Waals surface area contributed by atoms with E-state index in [2.05, 4.69) is 38.3 Å². The highest BCUT2D eigenvalue weighted by atomic mass is 14.5. The number of aryl methyl sites for hydroxylation is 1. The molecule has 0 spiro atoms. The van der Waals surface area contributed by atoms with Gasteiger partial charge in [0.1, 0.15) is 0 Å². The maximum Gasteiger partial charge on any atom is 0.0314 e. The van der Waals surface area contributed by atoms with Crippen LogP contribution >= 0.6 is 0 Å². The van der Waals surface area contributed by atoms with Crippen molar-refractivity contribution in [3.05, 3.63) is 66.3 Å². The smallest absolute Gasteiger partial charge is 0.0314 e. The van der Waals surface area contributed by atoms with Crippen LogP contribution in [0.3, 0.4) is 0 Å². The fraction of sp³-hybridized carbons (Fsp3) is 0.250.